The molecule has 6 nitrogen and oxygen atoms in total. The van der Waals surface area contributed by atoms with E-state index in [1.807, 2.05) is 0 Å². The van der Waals surface area contributed by atoms with E-state index >= 15 is 0 Å². The molecule has 1 N–H and O–H groups in total. The second-order valence-corrected chi connectivity index (χ2v) is 5.06. The van der Waals surface area contributed by atoms with Crippen LogP contribution in [0.5, 0.6) is 23.0 Å². The minimum atomic E-state index is -0.365. The van der Waals surface area contributed by atoms with Crippen LogP contribution in [0.15, 0.2) is 45.6 Å². The number of ether oxygens (including phenoxy) is 3. The van der Waals surface area contributed by atoms with Crippen molar-refractivity contribution in [2.45, 2.75) is 0 Å². The number of benzene rings is 2. The second kappa shape index (κ2) is 6.16. The molecule has 0 unspecified atom stereocenters. The highest BCUT2D eigenvalue weighted by molar-refractivity contribution is 5.86. The smallest absolute Gasteiger partial charge is 0.197 e. The molecule has 3 rings (SSSR count). The first-order chi connectivity index (χ1) is 11.6. The molecule has 0 spiro atoms. The SMILES string of the molecule is COc1ccc(OC)c(-c2cc(=O)c3c(O)cc(OC)cc3o2)c1. The molecular weight excluding hydrogens is 312 g/mol. The van der Waals surface area contributed by atoms with Crippen LogP contribution in [0.25, 0.3) is 22.3 Å². The molecule has 0 fully saturated rings. The zero-order valence-corrected chi connectivity index (χ0v) is 13.5. The Morgan fingerprint density at radius 1 is 0.917 bits per heavy atom. The van der Waals surface area contributed by atoms with Crippen LogP contribution in [-0.2, 0) is 0 Å². The number of rotatable bonds is 4. The van der Waals surface area contributed by atoms with Gasteiger partial charge in [-0.25, -0.2) is 0 Å². The first-order valence-corrected chi connectivity index (χ1v) is 7.14. The van der Waals surface area contributed by atoms with Crippen molar-refractivity contribution >= 4 is 11.0 Å². The third-order valence-electron chi connectivity index (χ3n) is 3.69. The van der Waals surface area contributed by atoms with Crippen LogP contribution in [-0.4, -0.2) is 26.4 Å². The van der Waals surface area contributed by atoms with Crippen LogP contribution in [0.1, 0.15) is 0 Å². The quantitative estimate of drug-likeness (QED) is 0.792. The van der Waals surface area contributed by atoms with Gasteiger partial charge in [-0.3, -0.25) is 4.79 Å². The van der Waals surface area contributed by atoms with Gasteiger partial charge >= 0.3 is 0 Å². The number of aromatic hydroxyl groups is 1. The van der Waals surface area contributed by atoms with Crippen molar-refractivity contribution in [3.8, 4) is 34.3 Å². The molecular formula is C18H16O6. The maximum absolute atomic E-state index is 12.4. The van der Waals surface area contributed by atoms with Crippen LogP contribution in [0.4, 0.5) is 0 Å². The van der Waals surface area contributed by atoms with Gasteiger partial charge < -0.3 is 23.7 Å². The summed E-state index contributed by atoms with van der Waals surface area (Å²) in [4.78, 5) is 12.4. The Kier molecular flexibility index (Phi) is 4.04. The first-order valence-electron chi connectivity index (χ1n) is 7.14. The minimum Gasteiger partial charge on any atom is -0.507 e. The fourth-order valence-corrected chi connectivity index (χ4v) is 2.50. The normalized spacial score (nSPS) is 10.6. The molecule has 0 aliphatic rings. The Hall–Kier alpha value is -3.15. The summed E-state index contributed by atoms with van der Waals surface area (Å²) in [6, 6.07) is 9.41. The van der Waals surface area contributed by atoms with Gasteiger partial charge in [-0.1, -0.05) is 0 Å². The average Bonchev–Trinajstić information content (AvgIpc) is 2.60. The van der Waals surface area contributed by atoms with Crippen LogP contribution >= 0.6 is 0 Å². The molecule has 1 heterocycles. The second-order valence-electron chi connectivity index (χ2n) is 5.06. The highest BCUT2D eigenvalue weighted by Gasteiger charge is 2.15. The lowest BCUT2D eigenvalue weighted by molar-refractivity contribution is 0.403. The Labute approximate surface area is 137 Å². The van der Waals surface area contributed by atoms with Gasteiger partial charge in [-0.05, 0) is 18.2 Å². The topological polar surface area (TPSA) is 78.1 Å². The molecule has 0 aliphatic heterocycles. The van der Waals surface area contributed by atoms with Crippen molar-refractivity contribution in [1.29, 1.82) is 0 Å². The van der Waals surface area contributed by atoms with E-state index in [0.29, 0.717) is 28.6 Å². The Morgan fingerprint density at radius 2 is 1.67 bits per heavy atom. The van der Waals surface area contributed by atoms with Crippen molar-refractivity contribution in [1.82, 2.24) is 0 Å². The monoisotopic (exact) mass is 328 g/mol. The lowest BCUT2D eigenvalue weighted by Crippen LogP contribution is -2.02. The minimum absolute atomic E-state index is 0.0985. The molecule has 0 radical (unpaired) electrons. The van der Waals surface area contributed by atoms with Gasteiger partial charge in [0, 0.05) is 18.2 Å². The molecule has 0 aliphatic carbocycles. The zero-order valence-electron chi connectivity index (χ0n) is 13.5. The van der Waals surface area contributed by atoms with Crippen LogP contribution in [0.3, 0.4) is 0 Å². The molecule has 124 valence electrons. The largest absolute Gasteiger partial charge is 0.507 e. The molecule has 6 heteroatoms. The summed E-state index contributed by atoms with van der Waals surface area (Å²) in [5.41, 5.74) is 0.425. The molecule has 0 saturated heterocycles. The van der Waals surface area contributed by atoms with Gasteiger partial charge in [-0.15, -0.1) is 0 Å². The summed E-state index contributed by atoms with van der Waals surface area (Å²) in [6.07, 6.45) is 0. The molecule has 0 bridgehead atoms. The molecule has 3 aromatic rings. The van der Waals surface area contributed by atoms with Gasteiger partial charge in [-0.2, -0.15) is 0 Å². The van der Waals surface area contributed by atoms with Gasteiger partial charge in [0.15, 0.2) is 5.43 Å². The number of fused-ring (bicyclic) bond motifs is 1. The van der Waals surface area contributed by atoms with Crippen molar-refractivity contribution in [3.05, 3.63) is 46.6 Å². The highest BCUT2D eigenvalue weighted by Crippen LogP contribution is 2.36. The number of methoxy groups -OCH3 is 3. The Morgan fingerprint density at radius 3 is 2.33 bits per heavy atom. The maximum atomic E-state index is 12.4. The van der Waals surface area contributed by atoms with Crippen molar-refractivity contribution in [2.24, 2.45) is 0 Å². The zero-order chi connectivity index (χ0) is 17.3. The lowest BCUT2D eigenvalue weighted by atomic mass is 10.1. The summed E-state index contributed by atoms with van der Waals surface area (Å²) < 4.78 is 21.5. The van der Waals surface area contributed by atoms with Gasteiger partial charge in [0.25, 0.3) is 0 Å². The number of hydrogen-bond donors (Lipinski definition) is 1. The Balaban J connectivity index is 2.30. The van der Waals surface area contributed by atoms with Crippen molar-refractivity contribution < 1.29 is 23.7 Å². The van der Waals surface area contributed by atoms with Gasteiger partial charge in [0.2, 0.25) is 0 Å². The van der Waals surface area contributed by atoms with Crippen molar-refractivity contribution in [2.75, 3.05) is 21.3 Å². The number of phenolic OH excluding ortho intramolecular Hbond substituents is 1. The third-order valence-corrected chi connectivity index (χ3v) is 3.69. The Bertz CT molecular complexity index is 958. The number of phenols is 1. The van der Waals surface area contributed by atoms with Gasteiger partial charge in [0.1, 0.15) is 39.7 Å². The van der Waals surface area contributed by atoms with Crippen LogP contribution in [0.2, 0.25) is 0 Å². The van der Waals surface area contributed by atoms with E-state index in [-0.39, 0.29) is 22.1 Å². The molecule has 2 aromatic carbocycles. The maximum Gasteiger partial charge on any atom is 0.197 e. The highest BCUT2D eigenvalue weighted by atomic mass is 16.5. The molecule has 0 saturated carbocycles. The average molecular weight is 328 g/mol. The van der Waals surface area contributed by atoms with Crippen molar-refractivity contribution in [3.63, 3.8) is 0 Å². The van der Waals surface area contributed by atoms with Gasteiger partial charge in [0.05, 0.1) is 26.9 Å². The first kappa shape index (κ1) is 15.7. The van der Waals surface area contributed by atoms with E-state index in [1.165, 1.54) is 26.4 Å². The summed E-state index contributed by atoms with van der Waals surface area (Å²) >= 11 is 0. The standard InChI is InChI=1S/C18H16O6/c1-21-10-4-5-15(23-3)12(6-10)16-9-14(20)18-13(19)7-11(22-2)8-17(18)24-16/h4-9,19H,1-3H3. The van der Waals surface area contributed by atoms with E-state index in [0.717, 1.165) is 0 Å². The van der Waals surface area contributed by atoms with E-state index in [4.69, 9.17) is 18.6 Å². The summed E-state index contributed by atoms with van der Waals surface area (Å²) in [5, 5.41) is 10.1. The molecule has 1 aromatic heterocycles. The van der Waals surface area contributed by atoms with E-state index < -0.39 is 0 Å². The van der Waals surface area contributed by atoms with E-state index in [2.05, 4.69) is 0 Å². The summed E-state index contributed by atoms with van der Waals surface area (Å²) in [5.74, 6) is 1.63. The lowest BCUT2D eigenvalue weighted by Gasteiger charge is -2.11. The van der Waals surface area contributed by atoms with Crippen LogP contribution < -0.4 is 19.6 Å². The summed E-state index contributed by atoms with van der Waals surface area (Å²) in [6.45, 7) is 0. The van der Waals surface area contributed by atoms with Crippen LogP contribution in [0, 0.1) is 0 Å². The summed E-state index contributed by atoms with van der Waals surface area (Å²) in [7, 11) is 4.54. The number of hydrogen-bond acceptors (Lipinski definition) is 6. The van der Waals surface area contributed by atoms with E-state index in [1.54, 1.807) is 31.4 Å². The fraction of sp³-hybridized carbons (Fsp3) is 0.167. The predicted octanol–water partition coefficient (Wildman–Crippen LogP) is 3.19. The fourth-order valence-electron chi connectivity index (χ4n) is 2.50. The molecule has 24 heavy (non-hydrogen) atoms. The third kappa shape index (κ3) is 2.62. The molecule has 0 amide bonds. The molecule has 0 atom stereocenters. The van der Waals surface area contributed by atoms with E-state index in [9.17, 15) is 9.90 Å². The predicted molar refractivity (Wildman–Crippen MR) is 89.2 cm³/mol.